The maximum absolute atomic E-state index is 14.4. The first kappa shape index (κ1) is 16.5. The van der Waals surface area contributed by atoms with Gasteiger partial charge >= 0.3 is 0 Å². The van der Waals surface area contributed by atoms with Crippen LogP contribution < -0.4 is 10.2 Å². The first-order chi connectivity index (χ1) is 12.5. The van der Waals surface area contributed by atoms with Crippen molar-refractivity contribution in [1.82, 2.24) is 4.98 Å². The zero-order valence-corrected chi connectivity index (χ0v) is 13.8. The van der Waals surface area contributed by atoms with Crippen LogP contribution in [0.25, 0.3) is 10.9 Å². The van der Waals surface area contributed by atoms with E-state index in [4.69, 9.17) is 0 Å². The molecule has 4 nitrogen and oxygen atoms in total. The van der Waals surface area contributed by atoms with E-state index in [0.717, 1.165) is 38.1 Å². The van der Waals surface area contributed by atoms with Gasteiger partial charge in [0.1, 0.15) is 5.82 Å². The lowest BCUT2D eigenvalue weighted by Crippen LogP contribution is -2.19. The van der Waals surface area contributed by atoms with Gasteiger partial charge in [-0.2, -0.15) is 0 Å². The van der Waals surface area contributed by atoms with E-state index in [1.165, 1.54) is 12.3 Å². The largest absolute Gasteiger partial charge is 0.369 e. The molecule has 0 unspecified atom stereocenters. The van der Waals surface area contributed by atoms with Crippen LogP contribution in [0.15, 0.2) is 36.5 Å². The van der Waals surface area contributed by atoms with Crippen LogP contribution in [-0.2, 0) is 0 Å². The van der Waals surface area contributed by atoms with Crippen LogP contribution in [0.1, 0.15) is 23.2 Å². The third-order valence-corrected chi connectivity index (χ3v) is 4.63. The fourth-order valence-corrected chi connectivity index (χ4v) is 3.28. The van der Waals surface area contributed by atoms with Gasteiger partial charge in [-0.1, -0.05) is 0 Å². The van der Waals surface area contributed by atoms with Crippen LogP contribution in [0.4, 0.5) is 24.5 Å². The third-order valence-electron chi connectivity index (χ3n) is 4.63. The van der Waals surface area contributed by atoms with Crippen molar-refractivity contribution in [2.24, 2.45) is 0 Å². The second-order valence-corrected chi connectivity index (χ2v) is 6.33. The Bertz CT molecular complexity index is 993. The van der Waals surface area contributed by atoms with E-state index < -0.39 is 23.4 Å². The Morgan fingerprint density at radius 3 is 2.46 bits per heavy atom. The number of aromatic amines is 1. The number of benzene rings is 2. The molecule has 1 aromatic heterocycles. The molecule has 0 saturated carbocycles. The summed E-state index contributed by atoms with van der Waals surface area (Å²) in [5.74, 6) is -2.96. The predicted molar refractivity (Wildman–Crippen MR) is 94.0 cm³/mol. The normalized spacial score (nSPS) is 14.2. The summed E-state index contributed by atoms with van der Waals surface area (Å²) in [6.07, 6.45) is 3.50. The number of halogens is 3. The van der Waals surface area contributed by atoms with Crippen LogP contribution in [0.5, 0.6) is 0 Å². The number of hydrogen-bond acceptors (Lipinski definition) is 2. The molecule has 1 saturated heterocycles. The molecule has 134 valence electrons. The summed E-state index contributed by atoms with van der Waals surface area (Å²) >= 11 is 0. The lowest BCUT2D eigenvalue weighted by atomic mass is 10.1. The number of rotatable bonds is 3. The summed E-state index contributed by atoms with van der Waals surface area (Å²) in [5.41, 5.74) is 1.30. The molecule has 0 bridgehead atoms. The first-order valence-corrected chi connectivity index (χ1v) is 8.35. The Labute approximate surface area is 147 Å². The van der Waals surface area contributed by atoms with E-state index >= 15 is 0 Å². The maximum atomic E-state index is 14.4. The van der Waals surface area contributed by atoms with Gasteiger partial charge in [-0.05, 0) is 37.1 Å². The second-order valence-electron chi connectivity index (χ2n) is 6.33. The molecule has 0 spiro atoms. The van der Waals surface area contributed by atoms with Crippen molar-refractivity contribution in [3.63, 3.8) is 0 Å². The van der Waals surface area contributed by atoms with Crippen LogP contribution in [0, 0.1) is 17.5 Å². The molecule has 1 fully saturated rings. The number of fused-ring (bicyclic) bond motifs is 1. The minimum Gasteiger partial charge on any atom is -0.369 e. The molecule has 2 N–H and O–H groups in total. The summed E-state index contributed by atoms with van der Waals surface area (Å²) in [6.45, 7) is 1.61. The molecule has 1 amide bonds. The van der Waals surface area contributed by atoms with Crippen LogP contribution in [0.3, 0.4) is 0 Å². The lowest BCUT2D eigenvalue weighted by molar-refractivity contribution is 0.102. The highest BCUT2D eigenvalue weighted by molar-refractivity contribution is 6.09. The number of carbonyl (C=O) groups excluding carboxylic acids is 1. The number of nitrogens with one attached hydrogen (secondary N) is 2. The lowest BCUT2D eigenvalue weighted by Gasteiger charge is -2.18. The van der Waals surface area contributed by atoms with Crippen molar-refractivity contribution in [2.75, 3.05) is 23.3 Å². The van der Waals surface area contributed by atoms with Crippen molar-refractivity contribution >= 4 is 28.2 Å². The van der Waals surface area contributed by atoms with Gasteiger partial charge in [-0.25, -0.2) is 13.2 Å². The zero-order chi connectivity index (χ0) is 18.3. The van der Waals surface area contributed by atoms with Crippen molar-refractivity contribution < 1.29 is 18.0 Å². The zero-order valence-electron chi connectivity index (χ0n) is 13.8. The highest BCUT2D eigenvalue weighted by Crippen LogP contribution is 2.27. The number of hydrogen-bond donors (Lipinski definition) is 2. The van der Waals surface area contributed by atoms with Gasteiger partial charge in [-0.3, -0.25) is 4.79 Å². The molecule has 1 aliphatic rings. The summed E-state index contributed by atoms with van der Waals surface area (Å²) in [7, 11) is 0. The van der Waals surface area contributed by atoms with E-state index in [1.54, 1.807) is 12.1 Å². The van der Waals surface area contributed by atoms with Gasteiger partial charge in [0.15, 0.2) is 11.6 Å². The Kier molecular flexibility index (Phi) is 4.06. The monoisotopic (exact) mass is 359 g/mol. The number of amides is 1. The minimum atomic E-state index is -1.01. The molecule has 2 aromatic carbocycles. The van der Waals surface area contributed by atoms with E-state index in [2.05, 4.69) is 10.3 Å². The molecule has 3 aromatic rings. The number of nitrogens with zero attached hydrogens (tertiary/aromatic N) is 1. The van der Waals surface area contributed by atoms with Crippen LogP contribution in [0.2, 0.25) is 0 Å². The SMILES string of the molecule is O=C(Nc1c[nH]c2cc(F)c(F)cc12)c1ccc(N2CCCC2)c(F)c1. The average molecular weight is 359 g/mol. The van der Waals surface area contributed by atoms with Gasteiger partial charge in [0.2, 0.25) is 0 Å². The van der Waals surface area contributed by atoms with Crippen LogP contribution >= 0.6 is 0 Å². The van der Waals surface area contributed by atoms with E-state index in [1.807, 2.05) is 4.90 Å². The van der Waals surface area contributed by atoms with E-state index in [9.17, 15) is 18.0 Å². The number of H-pyrrole nitrogens is 1. The summed E-state index contributed by atoms with van der Waals surface area (Å²) in [4.78, 5) is 17.1. The van der Waals surface area contributed by atoms with Crippen molar-refractivity contribution in [1.29, 1.82) is 0 Å². The Hall–Kier alpha value is -2.96. The molecular weight excluding hydrogens is 343 g/mol. The van der Waals surface area contributed by atoms with Gasteiger partial charge < -0.3 is 15.2 Å². The van der Waals surface area contributed by atoms with Crippen molar-refractivity contribution in [2.45, 2.75) is 12.8 Å². The topological polar surface area (TPSA) is 48.1 Å². The minimum absolute atomic E-state index is 0.155. The highest BCUT2D eigenvalue weighted by atomic mass is 19.2. The Balaban J connectivity index is 1.58. The van der Waals surface area contributed by atoms with Crippen LogP contribution in [-0.4, -0.2) is 24.0 Å². The second kappa shape index (κ2) is 6.40. The molecule has 1 aliphatic heterocycles. The summed E-state index contributed by atoms with van der Waals surface area (Å²) in [5, 5.41) is 2.94. The Morgan fingerprint density at radius 1 is 1.00 bits per heavy atom. The fraction of sp³-hybridized carbons (Fsp3) is 0.211. The quantitative estimate of drug-likeness (QED) is 0.726. The van der Waals surface area contributed by atoms with E-state index in [-0.39, 0.29) is 5.56 Å². The molecule has 26 heavy (non-hydrogen) atoms. The maximum Gasteiger partial charge on any atom is 0.255 e. The number of anilines is 2. The standard InChI is InChI=1S/C19H16F3N3O/c20-13-8-12-16(9-14(13)21)23-10-17(12)24-19(26)11-3-4-18(15(22)7-11)25-5-1-2-6-25/h3-4,7-10,23H,1-2,5-6H2,(H,24,26). The summed E-state index contributed by atoms with van der Waals surface area (Å²) in [6, 6.07) is 6.37. The third kappa shape index (κ3) is 2.89. The smallest absolute Gasteiger partial charge is 0.255 e. The molecule has 4 rings (SSSR count). The molecule has 0 atom stereocenters. The number of aromatic nitrogens is 1. The van der Waals surface area contributed by atoms with Crippen molar-refractivity contribution in [3.05, 3.63) is 59.5 Å². The van der Waals surface area contributed by atoms with Gasteiger partial charge in [-0.15, -0.1) is 0 Å². The summed E-state index contributed by atoms with van der Waals surface area (Å²) < 4.78 is 41.1. The molecule has 0 aliphatic carbocycles. The molecule has 7 heteroatoms. The average Bonchev–Trinajstić information content (AvgIpc) is 3.26. The molecule has 2 heterocycles. The van der Waals surface area contributed by atoms with Gasteiger partial charge in [0.25, 0.3) is 5.91 Å². The predicted octanol–water partition coefficient (Wildman–Crippen LogP) is 4.44. The van der Waals surface area contributed by atoms with Gasteiger partial charge in [0, 0.05) is 36.3 Å². The highest BCUT2D eigenvalue weighted by Gasteiger charge is 2.18. The number of carbonyl (C=O) groups is 1. The Morgan fingerprint density at radius 2 is 1.73 bits per heavy atom. The van der Waals surface area contributed by atoms with E-state index in [0.29, 0.717) is 22.3 Å². The fourth-order valence-electron chi connectivity index (χ4n) is 3.28. The van der Waals surface area contributed by atoms with Gasteiger partial charge in [0.05, 0.1) is 16.9 Å². The molecule has 0 radical (unpaired) electrons. The first-order valence-electron chi connectivity index (χ1n) is 8.35. The molecular formula is C19H16F3N3O. The van der Waals surface area contributed by atoms with Crippen molar-refractivity contribution in [3.8, 4) is 0 Å².